The molecule has 2 saturated heterocycles. The third-order valence-corrected chi connectivity index (χ3v) is 7.45. The molecule has 5 rings (SSSR count). The van der Waals surface area contributed by atoms with Crippen LogP contribution in [-0.4, -0.2) is 49.1 Å². The van der Waals surface area contributed by atoms with Crippen LogP contribution in [0.4, 0.5) is 11.5 Å². The van der Waals surface area contributed by atoms with Gasteiger partial charge in [0, 0.05) is 35.4 Å². The van der Waals surface area contributed by atoms with Gasteiger partial charge in [-0.3, -0.25) is 9.59 Å². The van der Waals surface area contributed by atoms with Gasteiger partial charge in [0.05, 0.1) is 25.5 Å². The van der Waals surface area contributed by atoms with E-state index in [1.54, 1.807) is 32.5 Å². The molecule has 8 heteroatoms. The first kappa shape index (κ1) is 24.6. The molecule has 3 aromatic rings. The summed E-state index contributed by atoms with van der Waals surface area (Å²) in [5, 5.41) is 6.14. The zero-order valence-corrected chi connectivity index (χ0v) is 21.4. The van der Waals surface area contributed by atoms with Crippen LogP contribution < -0.4 is 25.0 Å². The van der Waals surface area contributed by atoms with Gasteiger partial charge in [-0.15, -0.1) is 0 Å². The summed E-state index contributed by atoms with van der Waals surface area (Å²) in [7, 11) is 3.19. The molecule has 2 aliphatic rings. The van der Waals surface area contributed by atoms with Gasteiger partial charge in [0.25, 0.3) is 11.8 Å². The van der Waals surface area contributed by atoms with Crippen molar-refractivity contribution in [1.82, 2.24) is 10.3 Å². The van der Waals surface area contributed by atoms with Crippen LogP contribution in [0.25, 0.3) is 0 Å². The van der Waals surface area contributed by atoms with E-state index in [1.165, 1.54) is 0 Å². The summed E-state index contributed by atoms with van der Waals surface area (Å²) in [6.07, 6.45) is 5.48. The summed E-state index contributed by atoms with van der Waals surface area (Å²) in [4.78, 5) is 32.8. The normalized spacial score (nSPS) is 20.3. The van der Waals surface area contributed by atoms with Crippen molar-refractivity contribution in [3.63, 3.8) is 0 Å². The van der Waals surface area contributed by atoms with Gasteiger partial charge in [0.2, 0.25) is 0 Å². The molecule has 192 valence electrons. The molecule has 2 N–H and O–H groups in total. The Bertz CT molecular complexity index is 1280. The van der Waals surface area contributed by atoms with Gasteiger partial charge in [0.1, 0.15) is 17.3 Å². The number of benzene rings is 2. The van der Waals surface area contributed by atoms with Gasteiger partial charge in [-0.2, -0.15) is 0 Å². The predicted molar refractivity (Wildman–Crippen MR) is 143 cm³/mol. The maximum Gasteiger partial charge on any atom is 0.257 e. The van der Waals surface area contributed by atoms with Gasteiger partial charge in [0.15, 0.2) is 0 Å². The van der Waals surface area contributed by atoms with Crippen LogP contribution in [0.3, 0.4) is 0 Å². The number of hydrogen-bond donors (Lipinski definition) is 2. The highest BCUT2D eigenvalue weighted by atomic mass is 16.5. The molecule has 1 aromatic heterocycles. The minimum Gasteiger partial charge on any atom is -0.496 e. The first-order valence-electron chi connectivity index (χ1n) is 12.6. The second-order valence-electron chi connectivity index (χ2n) is 9.63. The highest BCUT2D eigenvalue weighted by Gasteiger charge is 2.42. The molecule has 3 heterocycles. The smallest absolute Gasteiger partial charge is 0.257 e. The molecule has 0 aliphatic carbocycles. The number of aromatic nitrogens is 1. The number of rotatable bonds is 7. The van der Waals surface area contributed by atoms with Crippen LogP contribution in [0.1, 0.15) is 52.0 Å². The molecule has 3 atom stereocenters. The average Bonchev–Trinajstić information content (AvgIpc) is 3.19. The fraction of sp³-hybridized carbons (Fsp3) is 0.345. The first-order chi connectivity index (χ1) is 18.0. The van der Waals surface area contributed by atoms with E-state index >= 15 is 0 Å². The van der Waals surface area contributed by atoms with Crippen LogP contribution in [0.5, 0.6) is 11.5 Å². The highest BCUT2D eigenvalue weighted by Crippen LogP contribution is 2.39. The Balaban J connectivity index is 1.23. The van der Waals surface area contributed by atoms with Gasteiger partial charge >= 0.3 is 0 Å². The Hall–Kier alpha value is -4.07. The SMILES string of the molecule is COc1ccccc1NC(=O)c1ccc(N2[C@@H]3CC[C@H]2C[C@@H](NC(=O)c2cccc(OC)c2C)C3)nc1. The van der Waals surface area contributed by atoms with Gasteiger partial charge in [-0.25, -0.2) is 4.98 Å². The maximum absolute atomic E-state index is 13.0. The fourth-order valence-electron chi connectivity index (χ4n) is 5.63. The van der Waals surface area contributed by atoms with Crippen molar-refractivity contribution in [1.29, 1.82) is 0 Å². The number of hydrogen-bond acceptors (Lipinski definition) is 6. The van der Waals surface area contributed by atoms with Crippen LogP contribution in [0.2, 0.25) is 0 Å². The zero-order valence-electron chi connectivity index (χ0n) is 21.4. The second-order valence-corrected chi connectivity index (χ2v) is 9.63. The lowest BCUT2D eigenvalue weighted by atomic mass is 9.96. The van der Waals surface area contributed by atoms with Gasteiger partial charge < -0.3 is 25.0 Å². The van der Waals surface area contributed by atoms with Crippen LogP contribution in [0, 0.1) is 6.92 Å². The molecule has 2 amide bonds. The average molecular weight is 501 g/mol. The molecule has 0 saturated carbocycles. The number of methoxy groups -OCH3 is 2. The summed E-state index contributed by atoms with van der Waals surface area (Å²) < 4.78 is 10.7. The minimum atomic E-state index is -0.235. The van der Waals surface area contributed by atoms with Crippen molar-refractivity contribution < 1.29 is 19.1 Å². The van der Waals surface area contributed by atoms with E-state index in [9.17, 15) is 9.59 Å². The molecule has 37 heavy (non-hydrogen) atoms. The molecule has 0 unspecified atom stereocenters. The van der Waals surface area contributed by atoms with E-state index in [-0.39, 0.29) is 17.9 Å². The Kier molecular flexibility index (Phi) is 6.99. The zero-order chi connectivity index (χ0) is 25.9. The van der Waals surface area contributed by atoms with Crippen molar-refractivity contribution in [3.8, 4) is 11.5 Å². The highest BCUT2D eigenvalue weighted by molar-refractivity contribution is 6.05. The summed E-state index contributed by atoms with van der Waals surface area (Å²) in [6, 6.07) is 17.3. The van der Waals surface area contributed by atoms with E-state index in [0.29, 0.717) is 40.4 Å². The van der Waals surface area contributed by atoms with Crippen molar-refractivity contribution in [3.05, 3.63) is 77.5 Å². The Morgan fingerprint density at radius 3 is 2.27 bits per heavy atom. The van der Waals surface area contributed by atoms with Crippen LogP contribution in [0.15, 0.2) is 60.8 Å². The number of fused-ring (bicyclic) bond motifs is 2. The quantitative estimate of drug-likeness (QED) is 0.493. The molecule has 0 radical (unpaired) electrons. The molecular formula is C29H32N4O4. The topological polar surface area (TPSA) is 92.8 Å². The lowest BCUT2D eigenvalue weighted by Crippen LogP contribution is -2.50. The fourth-order valence-corrected chi connectivity index (χ4v) is 5.63. The molecular weight excluding hydrogens is 468 g/mol. The maximum atomic E-state index is 13.0. The van der Waals surface area contributed by atoms with E-state index in [4.69, 9.17) is 9.47 Å². The molecule has 8 nitrogen and oxygen atoms in total. The van der Waals surface area contributed by atoms with Gasteiger partial charge in [-0.1, -0.05) is 18.2 Å². The number of para-hydroxylation sites is 2. The summed E-state index contributed by atoms with van der Waals surface area (Å²) >= 11 is 0. The number of pyridine rings is 1. The van der Waals surface area contributed by atoms with Gasteiger partial charge in [-0.05, 0) is 69.0 Å². The number of anilines is 2. The molecule has 2 aliphatic heterocycles. The third kappa shape index (κ3) is 4.96. The number of ether oxygens (including phenoxy) is 2. The molecule has 2 fully saturated rings. The molecule has 2 aromatic carbocycles. The molecule has 2 bridgehead atoms. The first-order valence-corrected chi connectivity index (χ1v) is 12.6. The Morgan fingerprint density at radius 1 is 0.892 bits per heavy atom. The van der Waals surface area contributed by atoms with Crippen molar-refractivity contribution in [2.24, 2.45) is 0 Å². The van der Waals surface area contributed by atoms with E-state index in [2.05, 4.69) is 20.5 Å². The number of piperidine rings is 1. The molecule has 0 spiro atoms. The van der Waals surface area contributed by atoms with E-state index in [0.717, 1.165) is 37.1 Å². The lowest BCUT2D eigenvalue weighted by Gasteiger charge is -2.40. The van der Waals surface area contributed by atoms with Crippen molar-refractivity contribution in [2.45, 2.75) is 50.7 Å². The predicted octanol–water partition coefficient (Wildman–Crippen LogP) is 4.59. The number of carbonyl (C=O) groups excluding carboxylic acids is 2. The monoisotopic (exact) mass is 500 g/mol. The van der Waals surface area contributed by atoms with Crippen molar-refractivity contribution in [2.75, 3.05) is 24.4 Å². The third-order valence-electron chi connectivity index (χ3n) is 7.45. The number of nitrogens with one attached hydrogen (secondary N) is 2. The lowest BCUT2D eigenvalue weighted by molar-refractivity contribution is 0.0925. The Morgan fingerprint density at radius 2 is 1.59 bits per heavy atom. The summed E-state index contributed by atoms with van der Waals surface area (Å²) in [5.74, 6) is 1.90. The standard InChI is InChI=1S/C29H32N4O4/c1-18-23(7-6-10-25(18)36-2)29(35)31-20-15-21-12-13-22(16-20)33(21)27-14-11-19(17-30-27)28(34)32-24-8-4-5-9-26(24)37-3/h4-11,14,17,20-22H,12-13,15-16H2,1-3H3,(H,31,35)(H,32,34)/t20-,21+,22-. The number of carbonyl (C=O) groups is 2. The summed E-state index contributed by atoms with van der Waals surface area (Å²) in [6.45, 7) is 1.91. The Labute approximate surface area is 217 Å². The number of amides is 2. The minimum absolute atomic E-state index is 0.0576. The van der Waals surface area contributed by atoms with E-state index < -0.39 is 0 Å². The second kappa shape index (κ2) is 10.5. The largest absolute Gasteiger partial charge is 0.496 e. The summed E-state index contributed by atoms with van der Waals surface area (Å²) in [5.41, 5.74) is 2.60. The van der Waals surface area contributed by atoms with Crippen LogP contribution >= 0.6 is 0 Å². The van der Waals surface area contributed by atoms with Crippen molar-refractivity contribution >= 4 is 23.3 Å². The number of nitrogens with zero attached hydrogens (tertiary/aromatic N) is 2. The van der Waals surface area contributed by atoms with E-state index in [1.807, 2.05) is 49.4 Å². The van der Waals surface area contributed by atoms with Crippen LogP contribution in [-0.2, 0) is 0 Å².